The van der Waals surface area contributed by atoms with Gasteiger partial charge >= 0.3 is 12.2 Å². The predicted molar refractivity (Wildman–Crippen MR) is 194 cm³/mol. The maximum absolute atomic E-state index is 14.5. The number of rotatable bonds is 6. The Labute approximate surface area is 312 Å². The largest absolute Gasteiger partial charge is 0.449 e. The Morgan fingerprint density at radius 2 is 1.75 bits per heavy atom. The Hall–Kier alpha value is -3.88. The van der Waals surface area contributed by atoms with E-state index in [0.29, 0.717) is 32.4 Å². The number of aryl methyl sites for hydroxylation is 1. The number of hydrogen-bond acceptors (Lipinski definition) is 9. The first-order valence-corrected chi connectivity index (χ1v) is 20.6. The van der Waals surface area contributed by atoms with E-state index in [-0.39, 0.29) is 37.3 Å². The number of carbonyl (C=O) groups is 5. The van der Waals surface area contributed by atoms with Crippen molar-refractivity contribution in [1.29, 1.82) is 0 Å². The third-order valence-corrected chi connectivity index (χ3v) is 13.4. The SMILES string of the molecule is CCC1CC1(NC(=O)C1C2CCN1C(=O)C(C(C)(C)C)NC(=O)OCC(C)(C)CCCCc1cccc3c1CN(C3)C(=O)O2)C(=O)NS(=O)(=O)C1CC1. The van der Waals surface area contributed by atoms with Gasteiger partial charge in [-0.05, 0) is 72.0 Å². The van der Waals surface area contributed by atoms with Crippen LogP contribution in [0.3, 0.4) is 0 Å². The molecule has 0 aromatic heterocycles. The van der Waals surface area contributed by atoms with E-state index in [0.717, 1.165) is 42.4 Å². The summed E-state index contributed by atoms with van der Waals surface area (Å²) in [6, 6.07) is 3.59. The summed E-state index contributed by atoms with van der Waals surface area (Å²) in [6.45, 7) is 12.1. The molecule has 0 spiro atoms. The molecule has 53 heavy (non-hydrogen) atoms. The number of fused-ring (bicyclic) bond motifs is 3. The molecule has 15 heteroatoms. The number of amides is 5. The fraction of sp³-hybridized carbons (Fsp3) is 0.711. The highest BCUT2D eigenvalue weighted by Gasteiger charge is 2.62. The molecule has 292 valence electrons. The van der Waals surface area contributed by atoms with Crippen LogP contribution in [0, 0.1) is 16.7 Å². The lowest BCUT2D eigenvalue weighted by Gasteiger charge is -2.36. The fourth-order valence-electron chi connectivity index (χ4n) is 8.02. The van der Waals surface area contributed by atoms with Gasteiger partial charge in [0.1, 0.15) is 23.7 Å². The van der Waals surface area contributed by atoms with E-state index in [1.807, 2.05) is 32.9 Å². The number of alkyl carbamates (subject to hydrolysis) is 1. The van der Waals surface area contributed by atoms with Crippen LogP contribution in [-0.2, 0) is 53.4 Å². The molecule has 0 radical (unpaired) electrons. The van der Waals surface area contributed by atoms with Crippen LogP contribution in [0.15, 0.2) is 18.2 Å². The summed E-state index contributed by atoms with van der Waals surface area (Å²) in [4.78, 5) is 72.5. The molecule has 5 unspecified atom stereocenters. The monoisotopic (exact) mass is 757 g/mol. The minimum absolute atomic E-state index is 0.0298. The van der Waals surface area contributed by atoms with Crippen LogP contribution >= 0.6 is 0 Å². The Morgan fingerprint density at radius 3 is 2.42 bits per heavy atom. The van der Waals surface area contributed by atoms with E-state index in [9.17, 15) is 32.4 Å². The molecule has 1 aromatic rings. The number of benzene rings is 1. The first-order valence-electron chi connectivity index (χ1n) is 19.0. The minimum atomic E-state index is -3.90. The van der Waals surface area contributed by atoms with Gasteiger partial charge in [-0.1, -0.05) is 72.6 Å². The average molecular weight is 758 g/mol. The minimum Gasteiger partial charge on any atom is -0.449 e. The van der Waals surface area contributed by atoms with Gasteiger partial charge in [-0.2, -0.15) is 0 Å². The molecule has 3 fully saturated rings. The first kappa shape index (κ1) is 38.8. The summed E-state index contributed by atoms with van der Waals surface area (Å²) in [5, 5.41) is 4.93. The van der Waals surface area contributed by atoms with Crippen molar-refractivity contribution in [3.63, 3.8) is 0 Å². The molecule has 5 aliphatic rings. The summed E-state index contributed by atoms with van der Waals surface area (Å²) < 4.78 is 39.4. The number of ether oxygens (including phenoxy) is 2. The van der Waals surface area contributed by atoms with Crippen LogP contribution in [0.1, 0.15) is 110 Å². The maximum atomic E-state index is 14.5. The van der Waals surface area contributed by atoms with Gasteiger partial charge in [0.05, 0.1) is 11.9 Å². The van der Waals surface area contributed by atoms with Crippen LogP contribution < -0.4 is 15.4 Å². The molecule has 1 aromatic carbocycles. The fourth-order valence-corrected chi connectivity index (χ4v) is 9.38. The van der Waals surface area contributed by atoms with Gasteiger partial charge in [-0.15, -0.1) is 0 Å². The lowest BCUT2D eigenvalue weighted by Crippen LogP contribution is -2.62. The smallest absolute Gasteiger partial charge is 0.410 e. The molecule has 3 N–H and O–H groups in total. The zero-order chi connectivity index (χ0) is 38.5. The van der Waals surface area contributed by atoms with Gasteiger partial charge in [0.15, 0.2) is 0 Å². The quantitative estimate of drug-likeness (QED) is 0.388. The molecule has 4 bridgehead atoms. The molecule has 6 rings (SSSR count). The third kappa shape index (κ3) is 8.29. The number of sulfonamides is 1. The van der Waals surface area contributed by atoms with Crippen molar-refractivity contribution in [2.24, 2.45) is 16.7 Å². The normalized spacial score (nSPS) is 29.4. The van der Waals surface area contributed by atoms with Gasteiger partial charge in [0, 0.05) is 26.1 Å². The molecular formula is C38H55N5O9S. The van der Waals surface area contributed by atoms with Gasteiger partial charge in [-0.3, -0.25) is 24.0 Å². The van der Waals surface area contributed by atoms with Gasteiger partial charge in [0.2, 0.25) is 21.8 Å². The van der Waals surface area contributed by atoms with E-state index >= 15 is 0 Å². The van der Waals surface area contributed by atoms with Crippen molar-refractivity contribution in [2.45, 2.75) is 141 Å². The molecule has 5 amide bonds. The van der Waals surface area contributed by atoms with Crippen molar-refractivity contribution in [1.82, 2.24) is 25.2 Å². The molecule has 14 nitrogen and oxygen atoms in total. The zero-order valence-electron chi connectivity index (χ0n) is 31.8. The van der Waals surface area contributed by atoms with Crippen LogP contribution in [-0.4, -0.2) is 90.3 Å². The van der Waals surface area contributed by atoms with Crippen molar-refractivity contribution in [2.75, 3.05) is 13.2 Å². The highest BCUT2D eigenvalue weighted by molar-refractivity contribution is 7.91. The third-order valence-electron chi connectivity index (χ3n) is 11.6. The Balaban J connectivity index is 1.31. The zero-order valence-corrected chi connectivity index (χ0v) is 32.6. The number of nitrogens with zero attached hydrogens (tertiary/aromatic N) is 2. The van der Waals surface area contributed by atoms with Gasteiger partial charge in [-0.25, -0.2) is 18.0 Å². The van der Waals surface area contributed by atoms with Crippen molar-refractivity contribution in [3.8, 4) is 0 Å². The van der Waals surface area contributed by atoms with Crippen molar-refractivity contribution >= 4 is 39.9 Å². The van der Waals surface area contributed by atoms with Gasteiger partial charge < -0.3 is 25.0 Å². The Kier molecular flexibility index (Phi) is 10.6. The van der Waals surface area contributed by atoms with Crippen LogP contribution in [0.2, 0.25) is 0 Å². The molecule has 1 saturated heterocycles. The van der Waals surface area contributed by atoms with Crippen LogP contribution in [0.4, 0.5) is 9.59 Å². The van der Waals surface area contributed by atoms with Crippen molar-refractivity contribution < 1.29 is 41.9 Å². The summed E-state index contributed by atoms with van der Waals surface area (Å²) in [5.74, 6) is -2.46. The van der Waals surface area contributed by atoms with E-state index in [1.54, 1.807) is 25.7 Å². The highest BCUT2D eigenvalue weighted by Crippen LogP contribution is 2.47. The number of cyclic esters (lactones) is 1. The molecule has 5 atom stereocenters. The van der Waals surface area contributed by atoms with Crippen molar-refractivity contribution in [3.05, 3.63) is 34.9 Å². The van der Waals surface area contributed by atoms with Gasteiger partial charge in [0.25, 0.3) is 5.91 Å². The lowest BCUT2D eigenvalue weighted by molar-refractivity contribution is -0.145. The summed E-state index contributed by atoms with van der Waals surface area (Å²) in [6.07, 6.45) is 2.76. The second kappa shape index (κ2) is 14.4. The predicted octanol–water partition coefficient (Wildman–Crippen LogP) is 3.90. The van der Waals surface area contributed by atoms with E-state index < -0.39 is 74.3 Å². The Morgan fingerprint density at radius 1 is 1.04 bits per heavy atom. The maximum Gasteiger partial charge on any atom is 0.410 e. The van der Waals surface area contributed by atoms with Crippen LogP contribution in [0.25, 0.3) is 0 Å². The van der Waals surface area contributed by atoms with E-state index in [4.69, 9.17) is 9.47 Å². The lowest BCUT2D eigenvalue weighted by atomic mass is 9.85. The van der Waals surface area contributed by atoms with E-state index in [1.165, 1.54) is 4.90 Å². The molecule has 3 heterocycles. The molecule has 2 saturated carbocycles. The first-order chi connectivity index (χ1) is 24.8. The highest BCUT2D eigenvalue weighted by atomic mass is 32.2. The summed E-state index contributed by atoms with van der Waals surface area (Å²) in [7, 11) is -3.90. The summed E-state index contributed by atoms with van der Waals surface area (Å²) >= 11 is 0. The number of hydrogen-bond donors (Lipinski definition) is 3. The second-order valence-electron chi connectivity index (χ2n) is 17.4. The summed E-state index contributed by atoms with van der Waals surface area (Å²) in [5.41, 5.74) is 0.629. The molecule has 2 aliphatic carbocycles. The second-order valence-corrected chi connectivity index (χ2v) is 19.4. The number of carbonyl (C=O) groups excluding carboxylic acids is 5. The van der Waals surface area contributed by atoms with E-state index in [2.05, 4.69) is 21.4 Å². The van der Waals surface area contributed by atoms with Crippen LogP contribution in [0.5, 0.6) is 0 Å². The topological polar surface area (TPSA) is 181 Å². The average Bonchev–Trinajstić information content (AvgIpc) is 3.97. The molecule has 3 aliphatic heterocycles. The Bertz CT molecular complexity index is 1750. The molecular weight excluding hydrogens is 703 g/mol. The number of nitrogens with one attached hydrogen (secondary N) is 3. The standard InChI is InChI=1S/C38H55N5O9S/c1-7-25-19-38(25,33(46)41-53(49,50)26-14-15-26)40-31(44)29-28-16-18-43(29)32(45)30(36(2,3)4)39-34(47)51-22-37(5,6)17-9-8-11-23-12-10-13-24-20-42(21-27(23)24)35(48)52-28/h10,12-13,25-26,28-30H,7-9,11,14-22H2,1-6H3,(H,39,47)(H,40,44)(H,41,46).